The molecule has 0 amide bonds. The summed E-state index contributed by atoms with van der Waals surface area (Å²) in [7, 11) is 0. The van der Waals surface area contributed by atoms with Gasteiger partial charge in [0.05, 0.1) is 0 Å². The molecule has 1 heterocycles. The third-order valence-electron chi connectivity index (χ3n) is 3.83. The summed E-state index contributed by atoms with van der Waals surface area (Å²) in [6.07, 6.45) is 0. The van der Waals surface area contributed by atoms with Gasteiger partial charge in [0.15, 0.2) is 0 Å². The van der Waals surface area contributed by atoms with Crippen molar-refractivity contribution in [3.63, 3.8) is 0 Å². The Labute approximate surface area is 108 Å². The molecule has 100 valence electrons. The predicted octanol–water partition coefficient (Wildman–Crippen LogP) is 1.68. The molecule has 0 aromatic heterocycles. The summed E-state index contributed by atoms with van der Waals surface area (Å²) < 4.78 is 12.9. The molecule has 3 nitrogen and oxygen atoms in total. The number of hydrogen-bond acceptors (Lipinski definition) is 3. The van der Waals surface area contributed by atoms with Crippen molar-refractivity contribution >= 4 is 5.69 Å². The Hall–Kier alpha value is -1.13. The Morgan fingerprint density at radius 3 is 2.17 bits per heavy atom. The van der Waals surface area contributed by atoms with Crippen LogP contribution in [-0.2, 0) is 0 Å². The van der Waals surface area contributed by atoms with E-state index in [1.807, 2.05) is 12.1 Å². The first-order chi connectivity index (χ1) is 8.53. The van der Waals surface area contributed by atoms with Gasteiger partial charge < -0.3 is 10.6 Å². The van der Waals surface area contributed by atoms with Crippen molar-refractivity contribution in [1.29, 1.82) is 0 Å². The van der Waals surface area contributed by atoms with Crippen LogP contribution in [0.3, 0.4) is 0 Å². The molecule has 1 aromatic carbocycles. The molecule has 1 aromatic rings. The highest BCUT2D eigenvalue weighted by Crippen LogP contribution is 2.20. The van der Waals surface area contributed by atoms with Crippen molar-refractivity contribution in [2.45, 2.75) is 19.4 Å². The molecular formula is C14H22FN3. The molecule has 1 fully saturated rings. The van der Waals surface area contributed by atoms with Crippen molar-refractivity contribution in [2.24, 2.45) is 5.73 Å². The minimum Gasteiger partial charge on any atom is -0.369 e. The van der Waals surface area contributed by atoms with Crippen LogP contribution in [-0.4, -0.2) is 43.2 Å². The number of halogens is 1. The van der Waals surface area contributed by atoms with Crippen LogP contribution < -0.4 is 10.6 Å². The molecule has 1 saturated heterocycles. The second kappa shape index (κ2) is 5.24. The Balaban J connectivity index is 1.96. The van der Waals surface area contributed by atoms with Gasteiger partial charge in [0, 0.05) is 44.0 Å². The summed E-state index contributed by atoms with van der Waals surface area (Å²) in [4.78, 5) is 4.72. The van der Waals surface area contributed by atoms with Crippen LogP contribution in [0.1, 0.15) is 13.8 Å². The predicted molar refractivity (Wildman–Crippen MR) is 73.3 cm³/mol. The Morgan fingerprint density at radius 1 is 1.11 bits per heavy atom. The van der Waals surface area contributed by atoms with E-state index in [2.05, 4.69) is 23.6 Å². The highest BCUT2D eigenvalue weighted by atomic mass is 19.1. The van der Waals surface area contributed by atoms with Gasteiger partial charge in [-0.3, -0.25) is 4.90 Å². The fourth-order valence-electron chi connectivity index (χ4n) is 2.35. The number of nitrogens with two attached hydrogens (primary N) is 1. The fourth-order valence-corrected chi connectivity index (χ4v) is 2.35. The zero-order valence-electron chi connectivity index (χ0n) is 11.2. The molecule has 18 heavy (non-hydrogen) atoms. The van der Waals surface area contributed by atoms with Crippen molar-refractivity contribution in [2.75, 3.05) is 37.6 Å². The van der Waals surface area contributed by atoms with Crippen LogP contribution >= 0.6 is 0 Å². The van der Waals surface area contributed by atoms with Crippen LogP contribution in [0.4, 0.5) is 10.1 Å². The van der Waals surface area contributed by atoms with E-state index in [-0.39, 0.29) is 11.4 Å². The average Bonchev–Trinajstić information content (AvgIpc) is 2.40. The maximum absolute atomic E-state index is 12.9. The summed E-state index contributed by atoms with van der Waals surface area (Å²) in [5.41, 5.74) is 6.97. The first-order valence-electron chi connectivity index (χ1n) is 6.48. The lowest BCUT2D eigenvalue weighted by Crippen LogP contribution is -2.57. The zero-order chi connectivity index (χ0) is 13.2. The van der Waals surface area contributed by atoms with Gasteiger partial charge >= 0.3 is 0 Å². The molecule has 0 aliphatic carbocycles. The maximum atomic E-state index is 12.9. The lowest BCUT2D eigenvalue weighted by atomic mass is 10.0. The molecule has 1 aliphatic rings. The molecular weight excluding hydrogens is 229 g/mol. The van der Waals surface area contributed by atoms with Crippen LogP contribution in [0, 0.1) is 5.82 Å². The van der Waals surface area contributed by atoms with Crippen LogP contribution in [0.5, 0.6) is 0 Å². The molecule has 0 radical (unpaired) electrons. The van der Waals surface area contributed by atoms with E-state index in [0.717, 1.165) is 31.9 Å². The van der Waals surface area contributed by atoms with Gasteiger partial charge in [0.2, 0.25) is 0 Å². The lowest BCUT2D eigenvalue weighted by molar-refractivity contribution is 0.119. The Kier molecular flexibility index (Phi) is 3.88. The molecule has 1 aliphatic heterocycles. The number of piperazine rings is 1. The summed E-state index contributed by atoms with van der Waals surface area (Å²) in [5.74, 6) is -0.179. The van der Waals surface area contributed by atoms with E-state index < -0.39 is 0 Å². The third kappa shape index (κ3) is 2.82. The quantitative estimate of drug-likeness (QED) is 0.887. The van der Waals surface area contributed by atoms with E-state index in [4.69, 9.17) is 5.73 Å². The molecule has 4 heteroatoms. The number of nitrogens with zero attached hydrogens (tertiary/aromatic N) is 2. The fraction of sp³-hybridized carbons (Fsp3) is 0.571. The van der Waals surface area contributed by atoms with Gasteiger partial charge in [-0.1, -0.05) is 0 Å². The molecule has 0 unspecified atom stereocenters. The van der Waals surface area contributed by atoms with Gasteiger partial charge in [0.25, 0.3) is 0 Å². The van der Waals surface area contributed by atoms with E-state index in [1.165, 1.54) is 12.1 Å². The van der Waals surface area contributed by atoms with E-state index in [1.54, 1.807) is 0 Å². The monoisotopic (exact) mass is 251 g/mol. The topological polar surface area (TPSA) is 32.5 Å². The van der Waals surface area contributed by atoms with Crippen LogP contribution in [0.25, 0.3) is 0 Å². The highest BCUT2D eigenvalue weighted by molar-refractivity contribution is 5.46. The van der Waals surface area contributed by atoms with Gasteiger partial charge in [-0.05, 0) is 38.1 Å². The minimum absolute atomic E-state index is 0.0644. The Morgan fingerprint density at radius 2 is 1.67 bits per heavy atom. The number of hydrogen-bond donors (Lipinski definition) is 1. The number of benzene rings is 1. The van der Waals surface area contributed by atoms with E-state index in [9.17, 15) is 4.39 Å². The van der Waals surface area contributed by atoms with Crippen molar-refractivity contribution in [3.8, 4) is 0 Å². The van der Waals surface area contributed by atoms with Crippen molar-refractivity contribution in [3.05, 3.63) is 30.1 Å². The zero-order valence-corrected chi connectivity index (χ0v) is 11.2. The summed E-state index contributed by atoms with van der Waals surface area (Å²) in [6.45, 7) is 8.97. The maximum Gasteiger partial charge on any atom is 0.123 e. The molecule has 0 spiro atoms. The van der Waals surface area contributed by atoms with E-state index >= 15 is 0 Å². The van der Waals surface area contributed by atoms with Crippen molar-refractivity contribution in [1.82, 2.24) is 4.90 Å². The highest BCUT2D eigenvalue weighted by Gasteiger charge is 2.28. The van der Waals surface area contributed by atoms with Crippen LogP contribution in [0.15, 0.2) is 24.3 Å². The van der Waals surface area contributed by atoms with Crippen molar-refractivity contribution < 1.29 is 4.39 Å². The van der Waals surface area contributed by atoms with Gasteiger partial charge in [-0.15, -0.1) is 0 Å². The van der Waals surface area contributed by atoms with Crippen LogP contribution in [0.2, 0.25) is 0 Å². The standard InChI is InChI=1S/C14H22FN3/c1-14(2,11-16)18-9-7-17(8-10-18)13-5-3-12(15)4-6-13/h3-6H,7-11,16H2,1-2H3. The molecule has 2 N–H and O–H groups in total. The molecule has 0 atom stereocenters. The number of rotatable bonds is 3. The first-order valence-corrected chi connectivity index (χ1v) is 6.48. The summed E-state index contributed by atoms with van der Waals surface area (Å²) >= 11 is 0. The van der Waals surface area contributed by atoms with E-state index in [0.29, 0.717) is 6.54 Å². The average molecular weight is 251 g/mol. The SMILES string of the molecule is CC(C)(CN)N1CCN(c2ccc(F)cc2)CC1. The van der Waals surface area contributed by atoms with Gasteiger partial charge in [-0.2, -0.15) is 0 Å². The molecule has 2 rings (SSSR count). The van der Waals surface area contributed by atoms with Gasteiger partial charge in [0.1, 0.15) is 5.82 Å². The molecule has 0 bridgehead atoms. The summed E-state index contributed by atoms with van der Waals surface area (Å²) in [5, 5.41) is 0. The molecule has 0 saturated carbocycles. The minimum atomic E-state index is -0.179. The second-order valence-corrected chi connectivity index (χ2v) is 5.47. The first kappa shape index (κ1) is 13.3. The number of anilines is 1. The normalized spacial score (nSPS) is 18.1. The van der Waals surface area contributed by atoms with Gasteiger partial charge in [-0.25, -0.2) is 4.39 Å². The second-order valence-electron chi connectivity index (χ2n) is 5.47. The largest absolute Gasteiger partial charge is 0.369 e. The Bertz CT molecular complexity index is 381. The lowest BCUT2D eigenvalue weighted by Gasteiger charge is -2.44. The third-order valence-corrected chi connectivity index (χ3v) is 3.83. The summed E-state index contributed by atoms with van der Waals surface area (Å²) in [6, 6.07) is 6.73. The smallest absolute Gasteiger partial charge is 0.123 e.